The van der Waals surface area contributed by atoms with E-state index < -0.39 is 4.92 Å². The maximum Gasteiger partial charge on any atom is 0.290 e. The summed E-state index contributed by atoms with van der Waals surface area (Å²) in [4.78, 5) is 18.8. The normalized spacial score (nSPS) is 10.4. The average Bonchev–Trinajstić information content (AvgIpc) is 3.01. The van der Waals surface area contributed by atoms with Crippen LogP contribution in [0.5, 0.6) is 11.6 Å². The van der Waals surface area contributed by atoms with E-state index in [-0.39, 0.29) is 5.69 Å². The van der Waals surface area contributed by atoms with Crippen molar-refractivity contribution in [3.8, 4) is 22.9 Å². The second-order valence-electron chi connectivity index (χ2n) is 4.48. The van der Waals surface area contributed by atoms with E-state index in [1.165, 1.54) is 23.5 Å². The van der Waals surface area contributed by atoms with Crippen molar-refractivity contribution in [3.05, 3.63) is 63.1 Å². The zero-order chi connectivity index (χ0) is 15.5. The minimum Gasteiger partial charge on any atom is -0.438 e. The first-order valence-electron chi connectivity index (χ1n) is 6.42. The smallest absolute Gasteiger partial charge is 0.290 e. The minimum absolute atomic E-state index is 0.0277. The second kappa shape index (κ2) is 5.90. The topological polar surface area (TPSA) is 78.2 Å². The molecule has 7 heteroatoms. The largest absolute Gasteiger partial charge is 0.438 e. The van der Waals surface area contributed by atoms with Crippen LogP contribution in [0.15, 0.2) is 47.3 Å². The first-order chi connectivity index (χ1) is 10.6. The number of rotatable bonds is 4. The molecule has 0 atom stereocenters. The molecule has 0 unspecified atom stereocenters. The third-order valence-corrected chi connectivity index (χ3v) is 3.63. The Labute approximate surface area is 130 Å². The van der Waals surface area contributed by atoms with E-state index in [1.807, 2.05) is 29.6 Å². The highest BCUT2D eigenvalue weighted by Crippen LogP contribution is 2.33. The lowest BCUT2D eigenvalue weighted by Crippen LogP contribution is -1.97. The molecular weight excluding hydrogens is 302 g/mol. The molecule has 0 N–H and O–H groups in total. The molecule has 110 valence electrons. The molecule has 0 aliphatic carbocycles. The number of pyridine rings is 1. The summed E-state index contributed by atoms with van der Waals surface area (Å²) in [7, 11) is 0. The van der Waals surface area contributed by atoms with E-state index in [2.05, 4.69) is 9.97 Å². The SMILES string of the molecule is Cc1nc(Oc2ccccc2-c2cscn2)ccc1[N+](=O)[O-]. The molecule has 22 heavy (non-hydrogen) atoms. The highest BCUT2D eigenvalue weighted by molar-refractivity contribution is 7.07. The molecule has 0 saturated heterocycles. The van der Waals surface area contributed by atoms with Crippen molar-refractivity contribution in [2.75, 3.05) is 0 Å². The lowest BCUT2D eigenvalue weighted by Gasteiger charge is -2.09. The molecule has 0 fully saturated rings. The highest BCUT2D eigenvalue weighted by atomic mass is 32.1. The summed E-state index contributed by atoms with van der Waals surface area (Å²) < 4.78 is 5.78. The van der Waals surface area contributed by atoms with Gasteiger partial charge in [-0.2, -0.15) is 0 Å². The number of aromatic nitrogens is 2. The van der Waals surface area contributed by atoms with Crippen molar-refractivity contribution in [2.24, 2.45) is 0 Å². The van der Waals surface area contributed by atoms with Gasteiger partial charge < -0.3 is 4.74 Å². The molecule has 0 amide bonds. The maximum atomic E-state index is 10.8. The molecular formula is C15H11N3O3S. The zero-order valence-electron chi connectivity index (χ0n) is 11.6. The third-order valence-electron chi connectivity index (χ3n) is 3.04. The van der Waals surface area contributed by atoms with Crippen LogP contribution in [-0.2, 0) is 0 Å². The molecule has 0 bridgehead atoms. The van der Waals surface area contributed by atoms with Crippen molar-refractivity contribution < 1.29 is 9.66 Å². The predicted octanol–water partition coefficient (Wildman–Crippen LogP) is 4.21. The standard InChI is InChI=1S/C15H11N3O3S/c1-10-13(18(19)20)6-7-15(17-10)21-14-5-3-2-4-11(14)12-8-22-9-16-12/h2-9H,1H3. The molecule has 0 saturated carbocycles. The van der Waals surface area contributed by atoms with Crippen molar-refractivity contribution in [1.29, 1.82) is 0 Å². The molecule has 2 heterocycles. The Kier molecular flexibility index (Phi) is 3.80. The number of hydrogen-bond acceptors (Lipinski definition) is 6. The fourth-order valence-corrected chi connectivity index (χ4v) is 2.56. The van der Waals surface area contributed by atoms with Crippen molar-refractivity contribution in [3.63, 3.8) is 0 Å². The molecule has 3 aromatic rings. The first kappa shape index (κ1) is 14.2. The Morgan fingerprint density at radius 3 is 2.73 bits per heavy atom. The van der Waals surface area contributed by atoms with Gasteiger partial charge in [0, 0.05) is 23.1 Å². The number of para-hydroxylation sites is 1. The lowest BCUT2D eigenvalue weighted by atomic mass is 10.1. The number of aryl methyl sites for hydroxylation is 1. The molecule has 0 aliphatic heterocycles. The molecule has 6 nitrogen and oxygen atoms in total. The summed E-state index contributed by atoms with van der Waals surface area (Å²) in [6.45, 7) is 1.58. The van der Waals surface area contributed by atoms with Crippen LogP contribution in [0.3, 0.4) is 0 Å². The van der Waals surface area contributed by atoms with Crippen LogP contribution < -0.4 is 4.74 Å². The van der Waals surface area contributed by atoms with Gasteiger partial charge in [0.05, 0.1) is 16.1 Å². The van der Waals surface area contributed by atoms with Crippen molar-refractivity contribution >= 4 is 17.0 Å². The van der Waals surface area contributed by atoms with E-state index in [4.69, 9.17) is 4.74 Å². The van der Waals surface area contributed by atoms with Crippen LogP contribution in [0, 0.1) is 17.0 Å². The van der Waals surface area contributed by atoms with Crippen LogP contribution in [0.2, 0.25) is 0 Å². The van der Waals surface area contributed by atoms with Gasteiger partial charge in [0.15, 0.2) is 0 Å². The Morgan fingerprint density at radius 1 is 1.23 bits per heavy atom. The summed E-state index contributed by atoms with van der Waals surface area (Å²) in [5.41, 5.74) is 3.70. The van der Waals surface area contributed by atoms with Crippen LogP contribution in [0.25, 0.3) is 11.3 Å². The molecule has 2 aromatic heterocycles. The van der Waals surface area contributed by atoms with Crippen LogP contribution in [0.1, 0.15) is 5.69 Å². The summed E-state index contributed by atoms with van der Waals surface area (Å²) in [6.07, 6.45) is 0. The number of nitro groups is 1. The summed E-state index contributed by atoms with van der Waals surface area (Å²) >= 11 is 1.50. The van der Waals surface area contributed by atoms with E-state index in [1.54, 1.807) is 12.4 Å². The Morgan fingerprint density at radius 2 is 2.05 bits per heavy atom. The quantitative estimate of drug-likeness (QED) is 0.532. The van der Waals surface area contributed by atoms with Gasteiger partial charge in [-0.1, -0.05) is 12.1 Å². The Balaban J connectivity index is 1.94. The molecule has 1 aromatic carbocycles. The van der Waals surface area contributed by atoms with Crippen LogP contribution in [-0.4, -0.2) is 14.9 Å². The number of hydrogen-bond donors (Lipinski definition) is 0. The summed E-state index contributed by atoms with van der Waals surface area (Å²) in [6, 6.07) is 10.3. The number of thiazole rings is 1. The van der Waals surface area contributed by atoms with Crippen LogP contribution in [0.4, 0.5) is 5.69 Å². The third kappa shape index (κ3) is 2.79. The molecule has 3 rings (SSSR count). The maximum absolute atomic E-state index is 10.8. The summed E-state index contributed by atoms with van der Waals surface area (Å²) in [5.74, 6) is 0.917. The fourth-order valence-electron chi connectivity index (χ4n) is 2.01. The Bertz CT molecular complexity index is 819. The van der Waals surface area contributed by atoms with Crippen molar-refractivity contribution in [1.82, 2.24) is 9.97 Å². The number of ether oxygens (including phenoxy) is 1. The zero-order valence-corrected chi connectivity index (χ0v) is 12.4. The predicted molar refractivity (Wildman–Crippen MR) is 83.3 cm³/mol. The monoisotopic (exact) mass is 313 g/mol. The van der Waals surface area contributed by atoms with Crippen LogP contribution >= 0.6 is 11.3 Å². The van der Waals surface area contributed by atoms with E-state index in [0.717, 1.165) is 11.3 Å². The van der Waals surface area contributed by atoms with E-state index >= 15 is 0 Å². The van der Waals surface area contributed by atoms with E-state index in [0.29, 0.717) is 17.3 Å². The van der Waals surface area contributed by atoms with E-state index in [9.17, 15) is 10.1 Å². The first-order valence-corrected chi connectivity index (χ1v) is 7.37. The van der Waals surface area contributed by atoms with Gasteiger partial charge in [-0.05, 0) is 19.1 Å². The number of nitrogens with zero attached hydrogens (tertiary/aromatic N) is 3. The van der Waals surface area contributed by atoms with Gasteiger partial charge >= 0.3 is 0 Å². The average molecular weight is 313 g/mol. The van der Waals surface area contributed by atoms with Gasteiger partial charge in [-0.25, -0.2) is 9.97 Å². The minimum atomic E-state index is -0.463. The summed E-state index contributed by atoms with van der Waals surface area (Å²) in [5, 5.41) is 12.7. The Hall–Kier alpha value is -2.80. The van der Waals surface area contributed by atoms with Gasteiger partial charge in [0.1, 0.15) is 11.4 Å². The van der Waals surface area contributed by atoms with Gasteiger partial charge in [0.2, 0.25) is 5.88 Å². The molecule has 0 aliphatic rings. The second-order valence-corrected chi connectivity index (χ2v) is 5.20. The van der Waals surface area contributed by atoms with Gasteiger partial charge in [-0.15, -0.1) is 11.3 Å². The van der Waals surface area contributed by atoms with Crippen molar-refractivity contribution in [2.45, 2.75) is 6.92 Å². The van der Waals surface area contributed by atoms with Gasteiger partial charge in [-0.3, -0.25) is 10.1 Å². The number of benzene rings is 1. The fraction of sp³-hybridized carbons (Fsp3) is 0.0667. The van der Waals surface area contributed by atoms with Gasteiger partial charge in [0.25, 0.3) is 5.69 Å². The molecule has 0 spiro atoms. The lowest BCUT2D eigenvalue weighted by molar-refractivity contribution is -0.385. The highest BCUT2D eigenvalue weighted by Gasteiger charge is 2.14. The molecule has 0 radical (unpaired) electrons.